The minimum absolute atomic E-state index is 0.857. The molecule has 0 atom stereocenters. The van der Waals surface area contributed by atoms with Crippen LogP contribution in [-0.2, 0) is 0 Å². The summed E-state index contributed by atoms with van der Waals surface area (Å²) in [6.07, 6.45) is 0. The second-order valence-electron chi connectivity index (χ2n) is 12.1. The fraction of sp³-hybridized carbons (Fsp3) is 0. The van der Waals surface area contributed by atoms with Crippen LogP contribution >= 0.6 is 0 Å². The molecule has 0 saturated carbocycles. The highest BCUT2D eigenvalue weighted by Gasteiger charge is 2.23. The van der Waals surface area contributed by atoms with Crippen molar-refractivity contribution in [2.75, 3.05) is 0 Å². The van der Waals surface area contributed by atoms with E-state index in [1.807, 2.05) is 30.3 Å². The minimum Gasteiger partial charge on any atom is -0.456 e. The molecule has 0 aliphatic carbocycles. The number of fused-ring (bicyclic) bond motifs is 4. The number of hydrogen-bond donors (Lipinski definition) is 0. The highest BCUT2D eigenvalue weighted by Crippen LogP contribution is 2.48. The molecular formula is C44H26N2O. The molecule has 0 fully saturated rings. The van der Waals surface area contributed by atoms with E-state index in [2.05, 4.69) is 127 Å². The zero-order valence-electron chi connectivity index (χ0n) is 25.3. The van der Waals surface area contributed by atoms with Gasteiger partial charge < -0.3 is 4.42 Å². The maximum Gasteiger partial charge on any atom is 0.136 e. The van der Waals surface area contributed by atoms with Crippen molar-refractivity contribution < 1.29 is 4.42 Å². The zero-order chi connectivity index (χ0) is 30.9. The molecule has 2 aromatic heterocycles. The summed E-state index contributed by atoms with van der Waals surface area (Å²) >= 11 is 0. The van der Waals surface area contributed by atoms with Crippen LogP contribution in [0.5, 0.6) is 0 Å². The lowest BCUT2D eigenvalue weighted by molar-refractivity contribution is 0.669. The van der Waals surface area contributed by atoms with Crippen molar-refractivity contribution in [3.05, 3.63) is 158 Å². The van der Waals surface area contributed by atoms with E-state index in [4.69, 9.17) is 14.4 Å². The Hall–Kier alpha value is -6.32. The molecule has 0 amide bonds. The van der Waals surface area contributed by atoms with E-state index in [1.54, 1.807) is 0 Å². The first-order valence-corrected chi connectivity index (χ1v) is 15.9. The second kappa shape index (κ2) is 10.1. The van der Waals surface area contributed by atoms with Crippen molar-refractivity contribution in [3.63, 3.8) is 0 Å². The molecule has 0 aliphatic heterocycles. The first-order valence-electron chi connectivity index (χ1n) is 15.9. The molecule has 0 spiro atoms. The van der Waals surface area contributed by atoms with Crippen molar-refractivity contribution in [3.8, 4) is 44.8 Å². The number of aromatic nitrogens is 2. The molecule has 0 unspecified atom stereocenters. The molecule has 0 N–H and O–H groups in total. The van der Waals surface area contributed by atoms with Gasteiger partial charge in [0.05, 0.1) is 22.4 Å². The van der Waals surface area contributed by atoms with Gasteiger partial charge in [-0.3, -0.25) is 0 Å². The summed E-state index contributed by atoms with van der Waals surface area (Å²) in [5.41, 5.74) is 12.0. The summed E-state index contributed by atoms with van der Waals surface area (Å²) in [7, 11) is 0. The van der Waals surface area contributed by atoms with Gasteiger partial charge in [-0.1, -0.05) is 115 Å². The summed E-state index contributed by atoms with van der Waals surface area (Å²) in [5.74, 6) is 0. The van der Waals surface area contributed by atoms with Crippen LogP contribution in [0.15, 0.2) is 162 Å². The van der Waals surface area contributed by atoms with Gasteiger partial charge in [0.1, 0.15) is 11.2 Å². The average Bonchev–Trinajstić information content (AvgIpc) is 3.54. The van der Waals surface area contributed by atoms with Crippen molar-refractivity contribution in [2.45, 2.75) is 0 Å². The number of nitrogens with zero attached hydrogens (tertiary/aromatic N) is 2. The quantitative estimate of drug-likeness (QED) is 0.189. The normalized spacial score (nSPS) is 11.8. The number of benzene rings is 8. The molecule has 8 aromatic carbocycles. The molecule has 47 heavy (non-hydrogen) atoms. The van der Waals surface area contributed by atoms with E-state index < -0.39 is 0 Å². The smallest absolute Gasteiger partial charge is 0.136 e. The van der Waals surface area contributed by atoms with Crippen LogP contribution in [0.4, 0.5) is 0 Å². The van der Waals surface area contributed by atoms with Gasteiger partial charge in [-0.25, -0.2) is 9.97 Å². The highest BCUT2D eigenvalue weighted by atomic mass is 16.3. The number of hydrogen-bond acceptors (Lipinski definition) is 3. The van der Waals surface area contributed by atoms with Gasteiger partial charge >= 0.3 is 0 Å². The summed E-state index contributed by atoms with van der Waals surface area (Å²) < 4.78 is 6.50. The molecule has 0 radical (unpaired) electrons. The number of furan rings is 1. The first-order chi connectivity index (χ1) is 23.3. The maximum absolute atomic E-state index is 6.50. The third kappa shape index (κ3) is 4.00. The summed E-state index contributed by atoms with van der Waals surface area (Å²) in [4.78, 5) is 10.7. The van der Waals surface area contributed by atoms with E-state index in [1.165, 1.54) is 32.8 Å². The molecular weight excluding hydrogens is 572 g/mol. The molecule has 2 heterocycles. The Morgan fingerprint density at radius 3 is 1.72 bits per heavy atom. The molecule has 0 saturated heterocycles. The summed E-state index contributed by atoms with van der Waals surface area (Å²) in [5, 5.41) is 6.98. The molecule has 218 valence electrons. The van der Waals surface area contributed by atoms with Crippen LogP contribution < -0.4 is 0 Å². The summed E-state index contributed by atoms with van der Waals surface area (Å²) in [6, 6.07) is 55.4. The molecule has 0 aliphatic rings. The highest BCUT2D eigenvalue weighted by molar-refractivity contribution is 6.35. The summed E-state index contributed by atoms with van der Waals surface area (Å²) in [6.45, 7) is 0. The van der Waals surface area contributed by atoms with Crippen LogP contribution in [-0.4, -0.2) is 9.97 Å². The van der Waals surface area contributed by atoms with Gasteiger partial charge in [-0.05, 0) is 80.9 Å². The third-order valence-corrected chi connectivity index (χ3v) is 9.42. The number of para-hydroxylation sites is 2. The predicted molar refractivity (Wildman–Crippen MR) is 195 cm³/mol. The molecule has 10 rings (SSSR count). The van der Waals surface area contributed by atoms with Gasteiger partial charge in [-0.2, -0.15) is 0 Å². The van der Waals surface area contributed by atoms with Crippen LogP contribution in [0, 0.1) is 0 Å². The largest absolute Gasteiger partial charge is 0.456 e. The Balaban J connectivity index is 1.34. The van der Waals surface area contributed by atoms with Gasteiger partial charge in [0.15, 0.2) is 0 Å². The number of rotatable bonds is 4. The first kappa shape index (κ1) is 26.0. The van der Waals surface area contributed by atoms with E-state index in [0.29, 0.717) is 0 Å². The van der Waals surface area contributed by atoms with Gasteiger partial charge in [-0.15, -0.1) is 0 Å². The van der Waals surface area contributed by atoms with E-state index in [-0.39, 0.29) is 0 Å². The lowest BCUT2D eigenvalue weighted by atomic mass is 9.88. The molecule has 0 bridgehead atoms. The Morgan fingerprint density at radius 1 is 0.340 bits per heavy atom. The molecule has 10 aromatic rings. The van der Waals surface area contributed by atoms with Crippen molar-refractivity contribution >= 4 is 54.5 Å². The van der Waals surface area contributed by atoms with E-state index in [9.17, 15) is 0 Å². The standard InChI is InChI=1S/C44H26N2O/c1-3-11-27(12-4-1)29-15-9-16-31(25-29)43-44(46-37-19-8-7-18-36(37)45-43)34-23-24-39-42-40(34)35-26-30(28-13-5-2-6-14-28)21-22-32(35)33-17-10-20-38(47-39)41(33)42/h1-26H. The monoisotopic (exact) mass is 598 g/mol. The van der Waals surface area contributed by atoms with Crippen LogP contribution in [0.1, 0.15) is 0 Å². The molecule has 3 heteroatoms. The topological polar surface area (TPSA) is 38.9 Å². The zero-order valence-corrected chi connectivity index (χ0v) is 25.3. The van der Waals surface area contributed by atoms with Crippen molar-refractivity contribution in [2.24, 2.45) is 0 Å². The second-order valence-corrected chi connectivity index (χ2v) is 12.1. The lowest BCUT2D eigenvalue weighted by Crippen LogP contribution is -1.97. The van der Waals surface area contributed by atoms with Crippen molar-refractivity contribution in [1.82, 2.24) is 9.97 Å². The van der Waals surface area contributed by atoms with Crippen LogP contribution in [0.2, 0.25) is 0 Å². The van der Waals surface area contributed by atoms with E-state index in [0.717, 1.165) is 66.4 Å². The predicted octanol–water partition coefficient (Wildman–Crippen LogP) is 11.9. The third-order valence-electron chi connectivity index (χ3n) is 9.42. The maximum atomic E-state index is 6.50. The van der Waals surface area contributed by atoms with Crippen LogP contribution in [0.25, 0.3) is 99.3 Å². The van der Waals surface area contributed by atoms with Crippen LogP contribution in [0.3, 0.4) is 0 Å². The Labute approximate surface area is 270 Å². The van der Waals surface area contributed by atoms with Gasteiger partial charge in [0.25, 0.3) is 0 Å². The minimum atomic E-state index is 0.857. The van der Waals surface area contributed by atoms with Gasteiger partial charge in [0, 0.05) is 27.3 Å². The fourth-order valence-corrected chi connectivity index (χ4v) is 7.27. The average molecular weight is 599 g/mol. The van der Waals surface area contributed by atoms with E-state index >= 15 is 0 Å². The Bertz CT molecular complexity index is 2780. The fourth-order valence-electron chi connectivity index (χ4n) is 7.27. The van der Waals surface area contributed by atoms with Gasteiger partial charge in [0.2, 0.25) is 0 Å². The Kier molecular flexibility index (Phi) is 5.57. The SMILES string of the molecule is c1ccc(-c2cccc(-c3nc4ccccc4nc3-c3ccc4oc5cccc6c7ccc(-c8ccccc8)cc7c3c4c56)c2)cc1. The molecule has 3 nitrogen and oxygen atoms in total. The van der Waals surface area contributed by atoms with Crippen molar-refractivity contribution in [1.29, 1.82) is 0 Å². The lowest BCUT2D eigenvalue weighted by Gasteiger charge is -2.16. The Morgan fingerprint density at radius 2 is 0.957 bits per heavy atom.